The molecule has 17 heavy (non-hydrogen) atoms. The Bertz CT molecular complexity index is 443. The molecule has 0 spiro atoms. The van der Waals surface area contributed by atoms with E-state index in [9.17, 15) is 10.1 Å². The third-order valence-corrected chi connectivity index (χ3v) is 4.28. The van der Waals surface area contributed by atoms with Crippen LogP contribution in [-0.4, -0.2) is 16.9 Å². The van der Waals surface area contributed by atoms with E-state index in [0.29, 0.717) is 12.4 Å². The second kappa shape index (κ2) is 4.64. The molecule has 92 valence electrons. The third kappa shape index (κ3) is 2.77. The number of nitro groups is 1. The maximum atomic E-state index is 10.9. The highest BCUT2D eigenvalue weighted by Gasteiger charge is 2.42. The van der Waals surface area contributed by atoms with Crippen molar-refractivity contribution in [1.82, 2.24) is 0 Å². The summed E-state index contributed by atoms with van der Waals surface area (Å²) in [6.45, 7) is 2.37. The molecule has 0 aliphatic heterocycles. The number of aryl methyl sites for hydroxylation is 1. The van der Waals surface area contributed by atoms with E-state index in [4.69, 9.17) is 4.74 Å². The van der Waals surface area contributed by atoms with E-state index in [2.05, 4.69) is 15.9 Å². The van der Waals surface area contributed by atoms with Gasteiger partial charge >= 0.3 is 5.69 Å². The van der Waals surface area contributed by atoms with E-state index < -0.39 is 4.92 Å². The summed E-state index contributed by atoms with van der Waals surface area (Å²) in [6.07, 6.45) is 2.25. The molecule has 0 amide bonds. The number of nitro benzene ring substituents is 1. The molecule has 5 heteroatoms. The molecule has 0 aromatic heterocycles. The van der Waals surface area contributed by atoms with E-state index in [1.165, 1.54) is 0 Å². The predicted molar refractivity (Wildman–Crippen MR) is 68.8 cm³/mol. The Labute approximate surface area is 108 Å². The van der Waals surface area contributed by atoms with Gasteiger partial charge in [-0.2, -0.15) is 0 Å². The van der Waals surface area contributed by atoms with Gasteiger partial charge in [-0.25, -0.2) is 0 Å². The van der Waals surface area contributed by atoms with Gasteiger partial charge in [-0.1, -0.05) is 22.0 Å². The number of ether oxygens (including phenoxy) is 1. The predicted octanol–water partition coefficient (Wildman–Crippen LogP) is 3.46. The largest absolute Gasteiger partial charge is 0.486 e. The molecule has 1 aliphatic carbocycles. The number of alkyl halides is 1. The molecule has 0 bridgehead atoms. The van der Waals surface area contributed by atoms with Crippen molar-refractivity contribution in [1.29, 1.82) is 0 Å². The Kier molecular flexibility index (Phi) is 3.38. The minimum Gasteiger partial charge on any atom is -0.486 e. The van der Waals surface area contributed by atoms with Crippen molar-refractivity contribution < 1.29 is 9.66 Å². The van der Waals surface area contributed by atoms with Crippen LogP contribution in [0.4, 0.5) is 5.69 Å². The van der Waals surface area contributed by atoms with Crippen molar-refractivity contribution >= 4 is 21.6 Å². The molecule has 2 rings (SSSR count). The van der Waals surface area contributed by atoms with Gasteiger partial charge in [-0.15, -0.1) is 0 Å². The zero-order chi connectivity index (χ0) is 12.5. The molecular weight excluding hydrogens is 286 g/mol. The van der Waals surface area contributed by atoms with Gasteiger partial charge < -0.3 is 4.74 Å². The van der Waals surface area contributed by atoms with E-state index in [0.717, 1.165) is 23.7 Å². The van der Waals surface area contributed by atoms with Crippen molar-refractivity contribution in [3.63, 3.8) is 0 Å². The van der Waals surface area contributed by atoms with Gasteiger partial charge in [0.05, 0.1) is 11.5 Å². The first-order chi connectivity index (χ1) is 8.06. The number of hydrogen-bond acceptors (Lipinski definition) is 3. The minimum atomic E-state index is -0.393. The van der Waals surface area contributed by atoms with E-state index in [1.54, 1.807) is 12.1 Å². The minimum absolute atomic E-state index is 0.0513. The van der Waals surface area contributed by atoms with Gasteiger partial charge in [0, 0.05) is 16.8 Å². The first-order valence-electron chi connectivity index (χ1n) is 5.50. The Morgan fingerprint density at radius 2 is 2.24 bits per heavy atom. The highest BCUT2D eigenvalue weighted by atomic mass is 79.9. The molecular formula is C12H14BrNO3. The maximum Gasteiger partial charge on any atom is 0.311 e. The lowest BCUT2D eigenvalue weighted by molar-refractivity contribution is -0.386. The van der Waals surface area contributed by atoms with Crippen LogP contribution < -0.4 is 4.74 Å². The summed E-state index contributed by atoms with van der Waals surface area (Å²) in [5.41, 5.74) is 1.11. The Morgan fingerprint density at radius 1 is 1.53 bits per heavy atom. The summed E-state index contributed by atoms with van der Waals surface area (Å²) in [5.74, 6) is 0.368. The molecule has 1 aromatic rings. The number of nitrogens with zero attached hydrogens (tertiary/aromatic N) is 1. The standard InChI is InChI=1S/C12H14BrNO3/c1-9-2-3-11(10(6-9)14(15)16)17-8-12(7-13)4-5-12/h2-3,6H,4-5,7-8H2,1H3. The average Bonchev–Trinajstić information content (AvgIpc) is 3.08. The van der Waals surface area contributed by atoms with Crippen molar-refractivity contribution in [3.05, 3.63) is 33.9 Å². The van der Waals surface area contributed by atoms with Crippen molar-refractivity contribution in [3.8, 4) is 5.75 Å². The fraction of sp³-hybridized carbons (Fsp3) is 0.500. The van der Waals surface area contributed by atoms with Gasteiger partial charge in [-0.3, -0.25) is 10.1 Å². The SMILES string of the molecule is Cc1ccc(OCC2(CBr)CC2)c([N+](=O)[O-])c1. The van der Waals surface area contributed by atoms with Crippen LogP contribution in [-0.2, 0) is 0 Å². The van der Waals surface area contributed by atoms with Gasteiger partial charge in [-0.05, 0) is 31.4 Å². The van der Waals surface area contributed by atoms with Crippen molar-refractivity contribution in [2.24, 2.45) is 5.41 Å². The number of hydrogen-bond donors (Lipinski definition) is 0. The smallest absolute Gasteiger partial charge is 0.311 e. The van der Waals surface area contributed by atoms with Gasteiger partial charge in [0.25, 0.3) is 0 Å². The highest BCUT2D eigenvalue weighted by Crippen LogP contribution is 2.47. The van der Waals surface area contributed by atoms with Crippen molar-refractivity contribution in [2.75, 3.05) is 11.9 Å². The number of benzene rings is 1. The quantitative estimate of drug-likeness (QED) is 0.475. The molecule has 0 unspecified atom stereocenters. The van der Waals surface area contributed by atoms with Crippen LogP contribution in [0, 0.1) is 22.5 Å². The average molecular weight is 300 g/mol. The van der Waals surface area contributed by atoms with Crippen LogP contribution in [0.3, 0.4) is 0 Å². The monoisotopic (exact) mass is 299 g/mol. The van der Waals surface area contributed by atoms with Crippen LogP contribution >= 0.6 is 15.9 Å². The summed E-state index contributed by atoms with van der Waals surface area (Å²) in [4.78, 5) is 10.5. The summed E-state index contributed by atoms with van der Waals surface area (Å²) in [7, 11) is 0. The lowest BCUT2D eigenvalue weighted by atomic mass is 10.1. The molecule has 4 nitrogen and oxygen atoms in total. The molecule has 0 N–H and O–H groups in total. The fourth-order valence-corrected chi connectivity index (χ4v) is 2.34. The maximum absolute atomic E-state index is 10.9. The van der Waals surface area contributed by atoms with Gasteiger partial charge in [0.1, 0.15) is 0 Å². The van der Waals surface area contributed by atoms with Crippen LogP contribution in [0.1, 0.15) is 18.4 Å². The summed E-state index contributed by atoms with van der Waals surface area (Å²) < 4.78 is 5.60. The highest BCUT2D eigenvalue weighted by molar-refractivity contribution is 9.09. The third-order valence-electron chi connectivity index (χ3n) is 3.09. The van der Waals surface area contributed by atoms with Crippen LogP contribution in [0.5, 0.6) is 5.75 Å². The second-order valence-electron chi connectivity index (χ2n) is 4.65. The van der Waals surface area contributed by atoms with E-state index >= 15 is 0 Å². The molecule has 1 fully saturated rings. The number of rotatable bonds is 5. The second-order valence-corrected chi connectivity index (χ2v) is 5.21. The molecule has 0 atom stereocenters. The van der Waals surface area contributed by atoms with Crippen LogP contribution in [0.25, 0.3) is 0 Å². The lowest BCUT2D eigenvalue weighted by Crippen LogP contribution is -2.14. The first-order valence-corrected chi connectivity index (χ1v) is 6.62. The van der Waals surface area contributed by atoms with E-state index in [1.807, 2.05) is 13.0 Å². The molecule has 1 aromatic carbocycles. The van der Waals surface area contributed by atoms with E-state index in [-0.39, 0.29) is 11.1 Å². The Hall–Kier alpha value is -1.10. The number of halogens is 1. The normalized spacial score (nSPS) is 16.6. The zero-order valence-electron chi connectivity index (χ0n) is 9.61. The molecule has 0 radical (unpaired) electrons. The molecule has 1 saturated carbocycles. The molecule has 0 heterocycles. The summed E-state index contributed by atoms with van der Waals surface area (Å²) >= 11 is 3.45. The van der Waals surface area contributed by atoms with Gasteiger partial charge in [0.2, 0.25) is 0 Å². The summed E-state index contributed by atoms with van der Waals surface area (Å²) in [5, 5.41) is 11.8. The van der Waals surface area contributed by atoms with Crippen LogP contribution in [0.2, 0.25) is 0 Å². The lowest BCUT2D eigenvalue weighted by Gasteiger charge is -2.13. The van der Waals surface area contributed by atoms with Crippen molar-refractivity contribution in [2.45, 2.75) is 19.8 Å². The Morgan fingerprint density at radius 3 is 2.76 bits per heavy atom. The fourth-order valence-electron chi connectivity index (χ4n) is 1.62. The Balaban J connectivity index is 2.12. The van der Waals surface area contributed by atoms with Crippen LogP contribution in [0.15, 0.2) is 18.2 Å². The first kappa shape index (κ1) is 12.4. The zero-order valence-corrected chi connectivity index (χ0v) is 11.2. The topological polar surface area (TPSA) is 52.4 Å². The molecule has 0 saturated heterocycles. The summed E-state index contributed by atoms with van der Waals surface area (Å²) in [6, 6.07) is 5.05. The molecule has 1 aliphatic rings. The van der Waals surface area contributed by atoms with Gasteiger partial charge in [0.15, 0.2) is 5.75 Å².